The van der Waals surface area contributed by atoms with E-state index in [-0.39, 0.29) is 18.6 Å². The van der Waals surface area contributed by atoms with Gasteiger partial charge in [0.25, 0.3) is 5.56 Å². The molecule has 6 nitrogen and oxygen atoms in total. The van der Waals surface area contributed by atoms with Gasteiger partial charge in [0.05, 0.1) is 37.1 Å². The molecule has 3 aromatic rings. The van der Waals surface area contributed by atoms with Crippen molar-refractivity contribution in [3.63, 3.8) is 0 Å². The molecular weight excluding hydrogens is 420 g/mol. The fourth-order valence-corrected chi connectivity index (χ4v) is 8.32. The normalized spacial score (nSPS) is 19.5. The van der Waals surface area contributed by atoms with Gasteiger partial charge < -0.3 is 14.4 Å². The summed E-state index contributed by atoms with van der Waals surface area (Å²) in [5, 5.41) is 13.7. The van der Waals surface area contributed by atoms with Crippen molar-refractivity contribution in [2.75, 3.05) is 0 Å². The fourth-order valence-electron chi connectivity index (χ4n) is 5.32. The van der Waals surface area contributed by atoms with Crippen LogP contribution < -0.4 is 10.7 Å². The number of rotatable bonds is 4. The summed E-state index contributed by atoms with van der Waals surface area (Å²) in [4.78, 5) is 30.9. The van der Waals surface area contributed by atoms with Crippen molar-refractivity contribution in [3.8, 4) is 11.4 Å². The molecule has 166 valence electrons. The molecule has 1 aromatic carbocycles. The van der Waals surface area contributed by atoms with Crippen molar-refractivity contribution < 1.29 is 14.6 Å². The number of aromatic nitrogens is 2. The Labute approximate surface area is 187 Å². The van der Waals surface area contributed by atoms with Gasteiger partial charge in [-0.15, -0.1) is 0 Å². The third kappa shape index (κ3) is 2.64. The lowest BCUT2D eigenvalue weighted by molar-refractivity contribution is -0.172. The first-order valence-electron chi connectivity index (χ1n) is 11.4. The van der Waals surface area contributed by atoms with E-state index < -0.39 is 19.6 Å². The molecule has 5 rings (SSSR count). The quantitative estimate of drug-likeness (QED) is 0.382. The van der Waals surface area contributed by atoms with Crippen LogP contribution in [-0.4, -0.2) is 28.7 Å². The number of carbonyl (C=O) groups excluding carboxylic acids is 1. The van der Waals surface area contributed by atoms with Gasteiger partial charge in [0, 0.05) is 5.56 Å². The molecule has 32 heavy (non-hydrogen) atoms. The minimum atomic E-state index is -1.81. The van der Waals surface area contributed by atoms with E-state index in [2.05, 4.69) is 32.5 Å². The summed E-state index contributed by atoms with van der Waals surface area (Å²) in [6.45, 7) is 9.01. The Morgan fingerprint density at radius 1 is 1.16 bits per heavy atom. The third-order valence-corrected chi connectivity index (χ3v) is 12.7. The van der Waals surface area contributed by atoms with Crippen LogP contribution in [0.2, 0.25) is 18.6 Å². The Hall–Kier alpha value is -2.77. The van der Waals surface area contributed by atoms with Crippen molar-refractivity contribution in [3.05, 3.63) is 57.4 Å². The molecule has 7 heteroatoms. The fraction of sp³-hybridized carbons (Fsp3) is 0.400. The third-order valence-electron chi connectivity index (χ3n) is 7.76. The number of ether oxygens (including phenoxy) is 1. The average molecular weight is 449 g/mol. The number of hydrogen-bond acceptors (Lipinski definition) is 5. The lowest BCUT2D eigenvalue weighted by Crippen LogP contribution is -2.46. The van der Waals surface area contributed by atoms with Crippen molar-refractivity contribution >= 4 is 30.1 Å². The number of carbonyl (C=O) groups is 1. The molecule has 2 aliphatic rings. The summed E-state index contributed by atoms with van der Waals surface area (Å²) in [6, 6.07) is 12.2. The molecule has 2 aliphatic heterocycles. The maximum atomic E-state index is 13.5. The first kappa shape index (κ1) is 21.1. The Morgan fingerprint density at radius 2 is 1.88 bits per heavy atom. The van der Waals surface area contributed by atoms with E-state index >= 15 is 0 Å². The highest BCUT2D eigenvalue weighted by atomic mass is 28.3. The molecule has 0 fully saturated rings. The van der Waals surface area contributed by atoms with Gasteiger partial charge in [0.15, 0.2) is 5.60 Å². The second-order valence-electron chi connectivity index (χ2n) is 9.20. The summed E-state index contributed by atoms with van der Waals surface area (Å²) in [6.07, 6.45) is 0.141. The monoisotopic (exact) mass is 448 g/mol. The zero-order valence-electron chi connectivity index (χ0n) is 19.0. The van der Waals surface area contributed by atoms with Gasteiger partial charge >= 0.3 is 5.97 Å². The van der Waals surface area contributed by atoms with Gasteiger partial charge in [-0.1, -0.05) is 57.6 Å². The van der Waals surface area contributed by atoms with Gasteiger partial charge in [0.2, 0.25) is 0 Å². The van der Waals surface area contributed by atoms with Gasteiger partial charge in [-0.2, -0.15) is 0 Å². The van der Waals surface area contributed by atoms with E-state index in [1.165, 1.54) is 10.6 Å². The smallest absolute Gasteiger partial charge is 0.343 e. The van der Waals surface area contributed by atoms with Crippen molar-refractivity contribution in [1.29, 1.82) is 0 Å². The van der Waals surface area contributed by atoms with E-state index in [9.17, 15) is 14.7 Å². The number of nitrogens with zero attached hydrogens (tertiary/aromatic N) is 2. The van der Waals surface area contributed by atoms with Crippen molar-refractivity contribution in [2.24, 2.45) is 0 Å². The topological polar surface area (TPSA) is 81.4 Å². The van der Waals surface area contributed by atoms with Crippen LogP contribution in [0.25, 0.3) is 22.3 Å². The van der Waals surface area contributed by atoms with Gasteiger partial charge in [0.1, 0.15) is 6.61 Å². The summed E-state index contributed by atoms with van der Waals surface area (Å²) >= 11 is 0. The van der Waals surface area contributed by atoms with Crippen LogP contribution in [0.3, 0.4) is 0 Å². The number of aliphatic hydroxyl groups is 1. The predicted molar refractivity (Wildman–Crippen MR) is 127 cm³/mol. The highest BCUT2D eigenvalue weighted by Crippen LogP contribution is 2.39. The van der Waals surface area contributed by atoms with Crippen LogP contribution in [0.15, 0.2) is 35.1 Å². The number of cyclic esters (lactones) is 1. The Bertz CT molecular complexity index is 1340. The maximum Gasteiger partial charge on any atom is 0.343 e. The van der Waals surface area contributed by atoms with Gasteiger partial charge in [-0.25, -0.2) is 9.78 Å². The van der Waals surface area contributed by atoms with Gasteiger partial charge in [-0.05, 0) is 34.7 Å². The van der Waals surface area contributed by atoms with Crippen LogP contribution in [0.1, 0.15) is 43.9 Å². The molecule has 1 N–H and O–H groups in total. The lowest BCUT2D eigenvalue weighted by Gasteiger charge is -2.31. The molecule has 0 spiro atoms. The number of esters is 1. The summed E-state index contributed by atoms with van der Waals surface area (Å²) < 4.78 is 6.94. The predicted octanol–water partition coefficient (Wildman–Crippen LogP) is 3.41. The van der Waals surface area contributed by atoms with Gasteiger partial charge in [-0.3, -0.25) is 4.79 Å². The molecule has 0 aliphatic carbocycles. The van der Waals surface area contributed by atoms with E-state index in [1.807, 2.05) is 12.1 Å². The Kier molecular flexibility index (Phi) is 4.69. The van der Waals surface area contributed by atoms with Crippen LogP contribution in [0.5, 0.6) is 0 Å². The molecule has 0 bridgehead atoms. The number of benzene rings is 1. The van der Waals surface area contributed by atoms with E-state index in [0.717, 1.165) is 28.9 Å². The average Bonchev–Trinajstić information content (AvgIpc) is 3.18. The van der Waals surface area contributed by atoms with Crippen molar-refractivity contribution in [2.45, 2.75) is 64.6 Å². The molecular formula is C25H28N2O4Si. The number of para-hydroxylation sites is 1. The molecule has 0 saturated carbocycles. The zero-order valence-corrected chi connectivity index (χ0v) is 20.0. The molecule has 2 aromatic heterocycles. The molecule has 0 radical (unpaired) electrons. The number of hydrogen-bond donors (Lipinski definition) is 1. The minimum absolute atomic E-state index is 0.107. The number of pyridine rings is 2. The summed E-state index contributed by atoms with van der Waals surface area (Å²) in [7, 11) is -1.81. The van der Waals surface area contributed by atoms with E-state index in [4.69, 9.17) is 9.72 Å². The van der Waals surface area contributed by atoms with Crippen molar-refractivity contribution in [1.82, 2.24) is 9.55 Å². The number of fused-ring (bicyclic) bond motifs is 5. The first-order valence-corrected chi connectivity index (χ1v) is 14.3. The SMILES string of the molecule is CC[C@@]1(O)C(=O)OCc2c1cc1n(c2=O)Cc2c-1nc1ccccc1c2[Si](C)(CC)CC. The zero-order chi connectivity index (χ0) is 22.8. The highest BCUT2D eigenvalue weighted by Gasteiger charge is 2.46. The van der Waals surface area contributed by atoms with Crippen LogP contribution in [0.4, 0.5) is 0 Å². The molecule has 4 heterocycles. The largest absolute Gasteiger partial charge is 0.458 e. The standard InChI is InChI=1S/C25H28N2O4Si/c1-5-25(30)18-12-20-21-16(13-27(20)23(28)17(18)14-31-24(25)29)22(32(4,6-2)7-3)15-10-8-9-11-19(15)26-21/h8-12,30H,5-7,13-14H2,1-4H3/t25-/m0/s1. The Morgan fingerprint density at radius 3 is 2.56 bits per heavy atom. The van der Waals surface area contributed by atoms with Crippen LogP contribution >= 0.6 is 0 Å². The minimum Gasteiger partial charge on any atom is -0.458 e. The molecule has 0 amide bonds. The second kappa shape index (κ2) is 7.12. The first-order chi connectivity index (χ1) is 15.3. The summed E-state index contributed by atoms with van der Waals surface area (Å²) in [5.41, 5.74) is 2.24. The highest BCUT2D eigenvalue weighted by molar-refractivity contribution is 6.92. The van der Waals surface area contributed by atoms with E-state index in [1.54, 1.807) is 17.6 Å². The second-order valence-corrected chi connectivity index (χ2v) is 14.2. The summed E-state index contributed by atoms with van der Waals surface area (Å²) in [5.74, 6) is -0.695. The van der Waals surface area contributed by atoms with Crippen LogP contribution in [-0.2, 0) is 28.3 Å². The lowest BCUT2D eigenvalue weighted by atomic mass is 9.86. The van der Waals surface area contributed by atoms with E-state index in [0.29, 0.717) is 23.4 Å². The molecule has 0 unspecified atom stereocenters. The Balaban J connectivity index is 1.86. The molecule has 1 atom stereocenters. The maximum absolute atomic E-state index is 13.5. The molecule has 0 saturated heterocycles. The van der Waals surface area contributed by atoms with Crippen LogP contribution in [0, 0.1) is 0 Å².